The summed E-state index contributed by atoms with van der Waals surface area (Å²) < 4.78 is 112. The fourth-order valence-corrected chi connectivity index (χ4v) is 13.4. The molecule has 4 amide bonds. The fourth-order valence-electron chi connectivity index (χ4n) is 13.1. The number of hydrogen-bond donors (Lipinski definition) is 27. The van der Waals surface area contributed by atoms with Crippen molar-refractivity contribution in [3.63, 3.8) is 0 Å². The molecule has 0 aliphatic carbocycles. The molecule has 50 heteroatoms. The van der Waals surface area contributed by atoms with Crippen LogP contribution in [0.25, 0.3) is 0 Å². The fraction of sp³-hybridized carbons (Fsp3) is 0.893. The molecule has 7 saturated heterocycles. The first-order valence-corrected chi connectivity index (χ1v) is 33.9. The zero-order chi connectivity index (χ0) is 79.3. The highest BCUT2D eigenvalue weighted by Crippen LogP contribution is 2.42. The van der Waals surface area contributed by atoms with Crippen LogP contribution >= 0.6 is 0 Å². The Morgan fingerprint density at radius 1 is 0.434 bits per heavy atom. The second-order valence-electron chi connectivity index (χ2n) is 25.9. The Hall–Kier alpha value is -4.63. The van der Waals surface area contributed by atoms with E-state index in [4.69, 9.17) is 61.6 Å². The number of carbonyl (C=O) groups excluding carboxylic acids is 4. The Morgan fingerprint density at radius 2 is 0.783 bits per heavy atom. The summed E-state index contributed by atoms with van der Waals surface area (Å²) in [4.78, 5) is 76.1. The van der Waals surface area contributed by atoms with E-state index in [2.05, 4.69) is 25.5 Å². The average Bonchev–Trinajstić information content (AvgIpc) is 0.753. The number of rotatable bonds is 31. The lowest BCUT2D eigenvalue weighted by Gasteiger charge is -2.51. The summed E-state index contributed by atoms with van der Waals surface area (Å²) in [5.74, 6) is -14.7. The third kappa shape index (κ3) is 20.2. The summed E-state index contributed by atoms with van der Waals surface area (Å²) in [6, 6.07) is -7.34. The highest BCUT2D eigenvalue weighted by Gasteiger charge is 2.64. The van der Waals surface area contributed by atoms with E-state index in [1.807, 2.05) is 0 Å². The third-order valence-corrected chi connectivity index (χ3v) is 18.7. The minimum Gasteiger partial charge on any atom is -0.477 e. The molecule has 1 unspecified atom stereocenters. The Morgan fingerprint density at radius 3 is 1.19 bits per heavy atom. The van der Waals surface area contributed by atoms with Gasteiger partial charge in [0.05, 0.1) is 70.5 Å². The van der Waals surface area contributed by atoms with Crippen LogP contribution in [-0.4, -0.2) is 433 Å². The monoisotopic (exact) mass is 1570 g/mol. The van der Waals surface area contributed by atoms with Crippen LogP contribution in [0.2, 0.25) is 0 Å². The van der Waals surface area contributed by atoms with Gasteiger partial charge in [-0.3, -0.25) is 23.7 Å². The Kier molecular flexibility index (Phi) is 31.0. The number of aliphatic carboxylic acids is 2. The molecule has 0 radical (unpaired) electrons. The predicted molar refractivity (Wildman–Crippen MR) is 323 cm³/mol. The van der Waals surface area contributed by atoms with Crippen molar-refractivity contribution in [2.75, 3.05) is 46.2 Å². The number of aliphatic hydroxyl groups excluding tert-OH is 20. The van der Waals surface area contributed by atoms with Crippen LogP contribution in [0.15, 0.2) is 0 Å². The molecule has 7 rings (SSSR count). The molecule has 0 aromatic rings. The third-order valence-electron chi connectivity index (χ3n) is 18.3. The highest BCUT2D eigenvalue weighted by atomic mass is 32.3. The van der Waals surface area contributed by atoms with Gasteiger partial charge < -0.3 is 195 Å². The second kappa shape index (κ2) is 37.1. The smallest absolute Gasteiger partial charge is 0.397 e. The molecule has 7 aliphatic heterocycles. The van der Waals surface area contributed by atoms with E-state index in [1.54, 1.807) is 0 Å². The topological polar surface area (TPSA) is 779 Å². The summed E-state index contributed by atoms with van der Waals surface area (Å²) in [6.07, 6.45) is -72.5. The van der Waals surface area contributed by atoms with Gasteiger partial charge in [-0.05, 0) is 0 Å². The Labute approximate surface area is 598 Å². The second-order valence-corrected chi connectivity index (χ2v) is 27.0. The minimum atomic E-state index is -5.48. The lowest BCUT2D eigenvalue weighted by atomic mass is 9.88. The summed E-state index contributed by atoms with van der Waals surface area (Å²) in [7, 11) is -5.48. The van der Waals surface area contributed by atoms with Gasteiger partial charge in [-0.1, -0.05) is 0 Å². The van der Waals surface area contributed by atoms with Crippen molar-refractivity contribution in [3.05, 3.63) is 0 Å². The quantitative estimate of drug-likeness (QED) is 0.0287. The summed E-state index contributed by atoms with van der Waals surface area (Å²) >= 11 is 0. The minimum absolute atomic E-state index is 0.861. The van der Waals surface area contributed by atoms with Crippen LogP contribution in [0.4, 0.5) is 0 Å². The van der Waals surface area contributed by atoms with Crippen molar-refractivity contribution in [2.45, 2.75) is 266 Å². The molecule has 49 nitrogen and oxygen atoms in total. The van der Waals surface area contributed by atoms with Crippen molar-refractivity contribution in [2.24, 2.45) is 0 Å². The van der Waals surface area contributed by atoms with Gasteiger partial charge in [-0.25, -0.2) is 13.8 Å². The van der Waals surface area contributed by atoms with Crippen molar-refractivity contribution in [3.8, 4) is 0 Å². The maximum atomic E-state index is 13.2. The van der Waals surface area contributed by atoms with Gasteiger partial charge in [-0.2, -0.15) is 8.42 Å². The molecule has 7 heterocycles. The van der Waals surface area contributed by atoms with Crippen LogP contribution < -0.4 is 21.3 Å². The summed E-state index contributed by atoms with van der Waals surface area (Å²) in [5.41, 5.74) is 0. The average molecular weight is 1570 g/mol. The molecule has 106 heavy (non-hydrogen) atoms. The number of carboxylic acids is 2. The number of aliphatic hydroxyl groups is 20. The lowest BCUT2D eigenvalue weighted by molar-refractivity contribution is -0.391. The first kappa shape index (κ1) is 88.6. The first-order chi connectivity index (χ1) is 49.5. The zero-order valence-electron chi connectivity index (χ0n) is 56.2. The highest BCUT2D eigenvalue weighted by molar-refractivity contribution is 7.80. The summed E-state index contributed by atoms with van der Waals surface area (Å²) in [6.45, 7) is -4.84. The van der Waals surface area contributed by atoms with Crippen molar-refractivity contribution < 1.29 is 220 Å². The molecule has 0 bridgehead atoms. The number of ether oxygens (including phenoxy) is 13. The number of carbonyl (C=O) groups is 6. The van der Waals surface area contributed by atoms with Gasteiger partial charge in [-0.15, -0.1) is 0 Å². The van der Waals surface area contributed by atoms with Crippen LogP contribution in [0.5, 0.6) is 0 Å². The van der Waals surface area contributed by atoms with Gasteiger partial charge in [0.2, 0.25) is 23.6 Å². The summed E-state index contributed by atoms with van der Waals surface area (Å²) in [5, 5.41) is 252. The molecule has 0 saturated carbocycles. The van der Waals surface area contributed by atoms with Crippen molar-refractivity contribution in [1.29, 1.82) is 0 Å². The van der Waals surface area contributed by atoms with Crippen LogP contribution in [-0.2, 0) is 105 Å². The number of nitrogens with one attached hydrogen (secondary N) is 4. The predicted octanol–water partition coefficient (Wildman–Crippen LogP) is -17.5. The van der Waals surface area contributed by atoms with Gasteiger partial charge in [0.15, 0.2) is 31.5 Å². The van der Waals surface area contributed by atoms with Crippen molar-refractivity contribution >= 4 is 46.0 Å². The van der Waals surface area contributed by atoms with Gasteiger partial charge in [0.1, 0.15) is 159 Å². The van der Waals surface area contributed by atoms with Gasteiger partial charge in [0, 0.05) is 40.5 Å². The largest absolute Gasteiger partial charge is 0.477 e. The molecule has 37 atom stereocenters. The molecular formula is C56H92N4O45S. The Balaban J connectivity index is 1.12. The van der Waals surface area contributed by atoms with E-state index in [0.29, 0.717) is 0 Å². The van der Waals surface area contributed by atoms with Crippen LogP contribution in [0, 0.1) is 0 Å². The molecular weight excluding hydrogens is 1480 g/mol. The van der Waals surface area contributed by atoms with Crippen LogP contribution in [0.1, 0.15) is 40.5 Å². The molecule has 7 fully saturated rings. The van der Waals surface area contributed by atoms with E-state index in [-0.39, 0.29) is 0 Å². The zero-order valence-corrected chi connectivity index (χ0v) is 57.1. The maximum Gasteiger partial charge on any atom is 0.397 e. The molecule has 612 valence electrons. The molecule has 0 aromatic heterocycles. The lowest BCUT2D eigenvalue weighted by Crippen LogP contribution is -2.71. The maximum absolute atomic E-state index is 13.2. The van der Waals surface area contributed by atoms with Gasteiger partial charge >= 0.3 is 22.3 Å². The van der Waals surface area contributed by atoms with E-state index in [9.17, 15) is 154 Å². The first-order valence-electron chi connectivity index (χ1n) is 32.5. The van der Waals surface area contributed by atoms with E-state index < -0.39 is 331 Å². The Bertz CT molecular complexity index is 3050. The molecule has 27 N–H and O–H groups in total. The molecule has 0 spiro atoms. The van der Waals surface area contributed by atoms with E-state index in [1.165, 1.54) is 0 Å². The molecule has 7 aliphatic rings. The molecule has 0 aromatic carbocycles. The number of hydrogen-bond acceptors (Lipinski definition) is 42. The van der Waals surface area contributed by atoms with Gasteiger partial charge in [0.25, 0.3) is 11.6 Å². The standard InChI is InChI=1S/C56H92N4O45S/c1-14(66)57-27-18(70)5-55(53(85)86,102-43(27)31(74)20(72)7-61)104-46-34(77)23(10-64)96-51(39(46)82)99-41-24(11-65)97-49(29(37(41)80)59-16(3)68)92-12-25-35(78)42(30(48(84)94-25)60-17(4)69)100-50-38(81)45(33(76)22(9-63)95-50)101-52-40(83)47(36(79)26(98-52)13-93-106(89,90)91)105-56(54(87)88)6-19(71)28(58-15(2)67)44(103-56)32(75)21(73)8-62/h18-52,61-65,70-84H,5-13H2,1-4H3,(H,57,66)(H,58,67)(H,59,68)(H,60,69)(H,85,86)(H,87,88)(H,89,90,91)/t18-,19-,20+,21+,22+,23+,24+,25+,26+,27+,28+,29+,30+,31+,32+,33-,34-,35-,36-,37+,38+,39+,40+,41+,42+,43+,44+,45-,46-,47-,48?,49+,50-,51-,52-,55-,56-/m0/s1. The number of amides is 4. The van der Waals surface area contributed by atoms with E-state index in [0.717, 1.165) is 27.7 Å². The van der Waals surface area contributed by atoms with Crippen LogP contribution in [0.3, 0.4) is 0 Å². The van der Waals surface area contributed by atoms with E-state index >= 15 is 0 Å². The SMILES string of the molecule is CC(=O)N[C@H]1[C@H](OC[C@H]2OC(O)[C@H](NC(C)=O)[C@@H](O[C@@H]3O[C@H](CO)[C@H](O)[C@H](O[C@@H]4O[C@H](COS(=O)(=O)O)[C@H](O)[C@H](O[C@]5(C(=O)O)C[C@H](O)[C@@H](NC(C)=O)[C@H]([C@H](O)[C@H](O)CO)O5)[C@H]4O)[C@H]3O)[C@H]2O)O[C@H](CO)[C@@H](O[C@@H]2O[C@H](CO)[C@H](O)[C@H](O[C@]3(C(=O)O)C[C@H](O)[C@@H](NC(C)=O)[C@H]([C@H](O)[C@H](O)CO)O3)[C@H]2O)[C@@H]1O. The van der Waals surface area contributed by atoms with Crippen molar-refractivity contribution in [1.82, 2.24) is 21.3 Å². The normalized spacial score (nSPS) is 43.5. The number of carboxylic acid groups (broad SMARTS) is 2.